The second-order valence-electron chi connectivity index (χ2n) is 6.93. The van der Waals surface area contributed by atoms with Crippen molar-refractivity contribution >= 4 is 24.3 Å². The summed E-state index contributed by atoms with van der Waals surface area (Å²) in [5.41, 5.74) is 0.796. The largest absolute Gasteiger partial charge is 0.341 e. The van der Waals surface area contributed by atoms with Crippen LogP contribution >= 0.6 is 12.4 Å². The van der Waals surface area contributed by atoms with Gasteiger partial charge in [-0.15, -0.1) is 12.4 Å². The molecule has 0 spiro atoms. The summed E-state index contributed by atoms with van der Waals surface area (Å²) >= 11 is 0. The first-order valence-electron chi connectivity index (χ1n) is 8.79. The van der Waals surface area contributed by atoms with Gasteiger partial charge in [0.05, 0.1) is 6.54 Å². The Labute approximate surface area is 159 Å². The summed E-state index contributed by atoms with van der Waals surface area (Å²) in [7, 11) is 1.82. The van der Waals surface area contributed by atoms with Crippen LogP contribution in [0.25, 0.3) is 0 Å². The van der Waals surface area contributed by atoms with Gasteiger partial charge in [-0.25, -0.2) is 9.18 Å². The van der Waals surface area contributed by atoms with E-state index in [0.29, 0.717) is 12.1 Å². The van der Waals surface area contributed by atoms with E-state index in [-0.39, 0.29) is 43.3 Å². The summed E-state index contributed by atoms with van der Waals surface area (Å²) < 4.78 is 12.8. The molecule has 0 saturated carbocycles. The lowest BCUT2D eigenvalue weighted by Gasteiger charge is -2.35. The van der Waals surface area contributed by atoms with E-state index in [1.807, 2.05) is 7.05 Å². The second-order valence-corrected chi connectivity index (χ2v) is 6.93. The van der Waals surface area contributed by atoms with E-state index < -0.39 is 6.03 Å². The fraction of sp³-hybridized carbons (Fsp3) is 0.556. The molecular formula is C18H26ClFN4O2. The minimum atomic E-state index is -0.406. The molecule has 2 heterocycles. The molecule has 2 unspecified atom stereocenters. The SMILES string of the molecule is CN(C(=O)CNC(=O)NCc1ccc(F)cc1)C1CC2CCC(C1)N2.Cl. The van der Waals surface area contributed by atoms with E-state index in [0.717, 1.165) is 18.4 Å². The van der Waals surface area contributed by atoms with Gasteiger partial charge in [0.2, 0.25) is 5.91 Å². The number of rotatable bonds is 5. The first-order chi connectivity index (χ1) is 12.0. The molecule has 6 nitrogen and oxygen atoms in total. The number of urea groups is 1. The zero-order valence-electron chi connectivity index (χ0n) is 14.8. The Morgan fingerprint density at radius 2 is 1.77 bits per heavy atom. The molecule has 0 aromatic heterocycles. The lowest BCUT2D eigenvalue weighted by atomic mass is 9.98. The van der Waals surface area contributed by atoms with Crippen LogP contribution in [-0.4, -0.2) is 48.6 Å². The number of amides is 3. The smallest absolute Gasteiger partial charge is 0.315 e. The van der Waals surface area contributed by atoms with Crippen molar-refractivity contribution in [2.75, 3.05) is 13.6 Å². The zero-order chi connectivity index (χ0) is 17.8. The third kappa shape index (κ3) is 5.32. The number of piperidine rings is 1. The molecule has 0 radical (unpaired) electrons. The summed E-state index contributed by atoms with van der Waals surface area (Å²) in [6, 6.07) is 6.79. The van der Waals surface area contributed by atoms with E-state index in [4.69, 9.17) is 0 Å². The third-order valence-corrected chi connectivity index (χ3v) is 5.16. The predicted molar refractivity (Wildman–Crippen MR) is 99.6 cm³/mol. The van der Waals surface area contributed by atoms with Crippen molar-refractivity contribution < 1.29 is 14.0 Å². The Morgan fingerprint density at radius 3 is 2.38 bits per heavy atom. The predicted octanol–water partition coefficient (Wildman–Crippen LogP) is 1.79. The molecule has 1 aromatic rings. The van der Waals surface area contributed by atoms with Crippen molar-refractivity contribution in [1.82, 2.24) is 20.9 Å². The van der Waals surface area contributed by atoms with Gasteiger partial charge in [-0.3, -0.25) is 4.79 Å². The highest BCUT2D eigenvalue weighted by Gasteiger charge is 2.36. The van der Waals surface area contributed by atoms with Crippen molar-refractivity contribution in [3.8, 4) is 0 Å². The van der Waals surface area contributed by atoms with Gasteiger partial charge >= 0.3 is 6.03 Å². The number of likely N-dealkylation sites (N-methyl/N-ethyl adjacent to an activating group) is 1. The molecule has 3 rings (SSSR count). The maximum Gasteiger partial charge on any atom is 0.315 e. The van der Waals surface area contributed by atoms with Crippen molar-refractivity contribution in [2.45, 2.75) is 50.4 Å². The maximum atomic E-state index is 12.8. The van der Waals surface area contributed by atoms with Crippen LogP contribution in [-0.2, 0) is 11.3 Å². The lowest BCUT2D eigenvalue weighted by molar-refractivity contribution is -0.131. The van der Waals surface area contributed by atoms with E-state index in [1.165, 1.54) is 25.0 Å². The molecule has 2 bridgehead atoms. The number of hydrogen-bond acceptors (Lipinski definition) is 3. The van der Waals surface area contributed by atoms with Crippen molar-refractivity contribution in [1.29, 1.82) is 0 Å². The Bertz CT molecular complexity index is 616. The zero-order valence-corrected chi connectivity index (χ0v) is 15.7. The average Bonchev–Trinajstić information content (AvgIpc) is 2.96. The minimum absolute atomic E-state index is 0. The number of nitrogens with zero attached hydrogens (tertiary/aromatic N) is 1. The maximum absolute atomic E-state index is 12.8. The first-order valence-corrected chi connectivity index (χ1v) is 8.79. The van der Waals surface area contributed by atoms with Gasteiger partial charge in [-0.05, 0) is 43.4 Å². The van der Waals surface area contributed by atoms with Gasteiger partial charge in [0.15, 0.2) is 0 Å². The van der Waals surface area contributed by atoms with Crippen LogP contribution in [0.1, 0.15) is 31.2 Å². The average molecular weight is 385 g/mol. The number of hydrogen-bond donors (Lipinski definition) is 3. The van der Waals surface area contributed by atoms with Gasteiger partial charge in [-0.1, -0.05) is 12.1 Å². The Hall–Kier alpha value is -1.86. The molecule has 3 amide bonds. The Balaban J connectivity index is 0.00000243. The number of carbonyl (C=O) groups is 2. The molecule has 1 aromatic carbocycles. The topological polar surface area (TPSA) is 73.5 Å². The van der Waals surface area contributed by atoms with E-state index in [2.05, 4.69) is 16.0 Å². The second kappa shape index (κ2) is 9.19. The van der Waals surface area contributed by atoms with Crippen LogP contribution in [0.2, 0.25) is 0 Å². The van der Waals surface area contributed by atoms with Crippen LogP contribution in [0.3, 0.4) is 0 Å². The number of benzene rings is 1. The molecule has 8 heteroatoms. The Morgan fingerprint density at radius 1 is 1.15 bits per heavy atom. The minimum Gasteiger partial charge on any atom is -0.341 e. The van der Waals surface area contributed by atoms with Gasteiger partial charge in [-0.2, -0.15) is 0 Å². The van der Waals surface area contributed by atoms with Crippen molar-refractivity contribution in [3.63, 3.8) is 0 Å². The highest BCUT2D eigenvalue weighted by molar-refractivity contribution is 5.85. The van der Waals surface area contributed by atoms with E-state index >= 15 is 0 Å². The van der Waals surface area contributed by atoms with Crippen LogP contribution in [0.5, 0.6) is 0 Å². The molecule has 0 aliphatic carbocycles. The normalized spacial score (nSPS) is 23.7. The summed E-state index contributed by atoms with van der Waals surface area (Å²) in [4.78, 5) is 25.9. The fourth-order valence-corrected chi connectivity index (χ4v) is 3.67. The standard InChI is InChI=1S/C18H25FN4O2.ClH/c1-23(16-8-14-6-7-15(9-16)22-14)17(24)11-21-18(25)20-10-12-2-4-13(19)5-3-12;/h2-5,14-16,22H,6-11H2,1H3,(H2,20,21,25);1H. The summed E-state index contributed by atoms with van der Waals surface area (Å²) in [5, 5.41) is 8.81. The molecular weight excluding hydrogens is 359 g/mol. The van der Waals surface area contributed by atoms with Crippen LogP contribution in [0.15, 0.2) is 24.3 Å². The molecule has 144 valence electrons. The summed E-state index contributed by atoms with van der Waals surface area (Å²) in [6.07, 6.45) is 4.34. The third-order valence-electron chi connectivity index (χ3n) is 5.16. The van der Waals surface area contributed by atoms with Crippen LogP contribution in [0.4, 0.5) is 9.18 Å². The number of halogens is 2. The van der Waals surface area contributed by atoms with E-state index in [9.17, 15) is 14.0 Å². The van der Waals surface area contributed by atoms with Gasteiger partial charge in [0.1, 0.15) is 5.82 Å². The fourth-order valence-electron chi connectivity index (χ4n) is 3.67. The monoisotopic (exact) mass is 384 g/mol. The Kier molecular flexibility index (Phi) is 7.23. The van der Waals surface area contributed by atoms with Crippen LogP contribution < -0.4 is 16.0 Å². The number of fused-ring (bicyclic) bond motifs is 2. The number of nitrogens with one attached hydrogen (secondary N) is 3. The van der Waals surface area contributed by atoms with Crippen molar-refractivity contribution in [3.05, 3.63) is 35.6 Å². The van der Waals surface area contributed by atoms with E-state index in [1.54, 1.807) is 17.0 Å². The quantitative estimate of drug-likeness (QED) is 0.724. The first kappa shape index (κ1) is 20.5. The van der Waals surface area contributed by atoms with Gasteiger partial charge in [0, 0.05) is 31.7 Å². The molecule has 2 saturated heterocycles. The van der Waals surface area contributed by atoms with Gasteiger partial charge in [0.25, 0.3) is 0 Å². The molecule has 2 aliphatic heterocycles. The number of carbonyl (C=O) groups excluding carboxylic acids is 2. The van der Waals surface area contributed by atoms with Gasteiger partial charge < -0.3 is 20.9 Å². The van der Waals surface area contributed by atoms with Crippen LogP contribution in [0, 0.1) is 5.82 Å². The lowest BCUT2D eigenvalue weighted by Crippen LogP contribution is -2.51. The molecule has 2 aliphatic rings. The van der Waals surface area contributed by atoms with Crippen molar-refractivity contribution in [2.24, 2.45) is 0 Å². The molecule has 26 heavy (non-hydrogen) atoms. The molecule has 2 atom stereocenters. The molecule has 2 fully saturated rings. The molecule has 3 N–H and O–H groups in total. The summed E-state index contributed by atoms with van der Waals surface area (Å²) in [5.74, 6) is -0.392. The highest BCUT2D eigenvalue weighted by atomic mass is 35.5. The highest BCUT2D eigenvalue weighted by Crippen LogP contribution is 2.29. The summed E-state index contributed by atoms with van der Waals surface area (Å²) in [6.45, 7) is 0.263.